The first-order chi connectivity index (χ1) is 9.79. The highest BCUT2D eigenvalue weighted by molar-refractivity contribution is 5.91. The van der Waals surface area contributed by atoms with Gasteiger partial charge in [0.15, 0.2) is 5.78 Å². The number of nitrogens with two attached hydrogens (primary N) is 1. The Morgan fingerprint density at radius 2 is 1.86 bits per heavy atom. The van der Waals surface area contributed by atoms with Crippen molar-refractivity contribution in [3.8, 4) is 11.8 Å². The Balaban J connectivity index is 4.57. The second kappa shape index (κ2) is 9.77. The van der Waals surface area contributed by atoms with Crippen LogP contribution in [0.2, 0.25) is 0 Å². The SMILES string of the molecule is CN[C@@H](C(=O)N[C@H](C#CCCNC(N)=O)C(C)=O)C(C)C. The third-order valence-corrected chi connectivity index (χ3v) is 2.75. The predicted molar refractivity (Wildman–Crippen MR) is 80.3 cm³/mol. The van der Waals surface area contributed by atoms with Crippen molar-refractivity contribution < 1.29 is 14.4 Å². The minimum atomic E-state index is -0.847. The summed E-state index contributed by atoms with van der Waals surface area (Å²) in [6, 6.07) is -1.85. The van der Waals surface area contributed by atoms with E-state index < -0.39 is 12.1 Å². The van der Waals surface area contributed by atoms with Gasteiger partial charge in [0.25, 0.3) is 0 Å². The normalized spacial score (nSPS) is 12.8. The zero-order chi connectivity index (χ0) is 16.4. The first-order valence-electron chi connectivity index (χ1n) is 6.79. The highest BCUT2D eigenvalue weighted by Crippen LogP contribution is 2.01. The van der Waals surface area contributed by atoms with Crippen molar-refractivity contribution in [1.29, 1.82) is 0 Å². The fourth-order valence-corrected chi connectivity index (χ4v) is 1.66. The van der Waals surface area contributed by atoms with Crippen molar-refractivity contribution >= 4 is 17.7 Å². The monoisotopic (exact) mass is 296 g/mol. The quantitative estimate of drug-likeness (QED) is 0.370. The molecule has 0 fully saturated rings. The number of Topliss-reactive ketones (excluding diaryl/α,β-unsaturated/α-hetero) is 1. The summed E-state index contributed by atoms with van der Waals surface area (Å²) in [5.74, 6) is 5.02. The van der Waals surface area contributed by atoms with Gasteiger partial charge in [-0.15, -0.1) is 0 Å². The maximum absolute atomic E-state index is 12.0. The van der Waals surface area contributed by atoms with Crippen LogP contribution < -0.4 is 21.7 Å². The van der Waals surface area contributed by atoms with Crippen LogP contribution in [0, 0.1) is 17.8 Å². The molecule has 118 valence electrons. The van der Waals surface area contributed by atoms with Crippen molar-refractivity contribution in [3.63, 3.8) is 0 Å². The molecule has 5 N–H and O–H groups in total. The molecule has 0 saturated heterocycles. The fraction of sp³-hybridized carbons (Fsp3) is 0.643. The molecule has 0 rings (SSSR count). The van der Waals surface area contributed by atoms with E-state index in [1.54, 1.807) is 7.05 Å². The maximum Gasteiger partial charge on any atom is 0.312 e. The topological polar surface area (TPSA) is 113 Å². The molecule has 0 heterocycles. The summed E-state index contributed by atoms with van der Waals surface area (Å²) < 4.78 is 0. The van der Waals surface area contributed by atoms with Gasteiger partial charge in [-0.1, -0.05) is 25.7 Å². The second-order valence-electron chi connectivity index (χ2n) is 4.92. The number of urea groups is 1. The zero-order valence-electron chi connectivity index (χ0n) is 12.9. The Morgan fingerprint density at radius 3 is 2.29 bits per heavy atom. The van der Waals surface area contributed by atoms with E-state index in [0.29, 0.717) is 13.0 Å². The summed E-state index contributed by atoms with van der Waals surface area (Å²) in [6.07, 6.45) is 0.349. The van der Waals surface area contributed by atoms with Gasteiger partial charge in [0.05, 0.1) is 6.04 Å². The molecule has 0 bridgehead atoms. The molecule has 0 aliphatic rings. The standard InChI is InChI=1S/C14H24N4O3/c1-9(2)12(16-4)13(20)18-11(10(3)19)7-5-6-8-17-14(15)21/h9,11-12,16H,6,8H2,1-4H3,(H,18,20)(H3,15,17,21)/t11-,12-/m1/s1. The summed E-state index contributed by atoms with van der Waals surface area (Å²) in [5, 5.41) is 7.90. The van der Waals surface area contributed by atoms with Crippen LogP contribution in [0.15, 0.2) is 0 Å². The molecular formula is C14H24N4O3. The smallest absolute Gasteiger partial charge is 0.312 e. The molecule has 21 heavy (non-hydrogen) atoms. The van der Waals surface area contributed by atoms with Crippen molar-refractivity contribution in [1.82, 2.24) is 16.0 Å². The molecule has 0 aliphatic heterocycles. The predicted octanol–water partition coefficient (Wildman–Crippen LogP) is -0.634. The molecule has 7 heteroatoms. The van der Waals surface area contributed by atoms with Crippen LogP contribution in [-0.4, -0.2) is 43.4 Å². The Hall–Kier alpha value is -2.07. The summed E-state index contributed by atoms with van der Waals surface area (Å²) in [6.45, 7) is 5.48. The molecule has 0 unspecified atom stereocenters. The van der Waals surface area contributed by atoms with E-state index in [1.165, 1.54) is 6.92 Å². The molecule has 0 saturated carbocycles. The third-order valence-electron chi connectivity index (χ3n) is 2.75. The maximum atomic E-state index is 12.0. The number of carbonyl (C=O) groups is 3. The van der Waals surface area contributed by atoms with E-state index in [1.807, 2.05) is 13.8 Å². The average molecular weight is 296 g/mol. The molecule has 2 atom stereocenters. The lowest BCUT2D eigenvalue weighted by Gasteiger charge is -2.21. The molecule has 0 aromatic carbocycles. The van der Waals surface area contributed by atoms with E-state index in [4.69, 9.17) is 5.73 Å². The number of primary amides is 1. The minimum absolute atomic E-state index is 0.0929. The largest absolute Gasteiger partial charge is 0.352 e. The minimum Gasteiger partial charge on any atom is -0.352 e. The van der Waals surface area contributed by atoms with Gasteiger partial charge in [-0.05, 0) is 19.9 Å². The summed E-state index contributed by atoms with van der Waals surface area (Å²) in [5.41, 5.74) is 4.91. The van der Waals surface area contributed by atoms with Crippen LogP contribution in [0.5, 0.6) is 0 Å². The number of nitrogens with one attached hydrogen (secondary N) is 3. The van der Waals surface area contributed by atoms with Crippen molar-refractivity contribution in [2.45, 2.75) is 39.3 Å². The number of ketones is 1. The zero-order valence-corrected chi connectivity index (χ0v) is 12.9. The molecule has 7 nitrogen and oxygen atoms in total. The van der Waals surface area contributed by atoms with Gasteiger partial charge >= 0.3 is 6.03 Å². The van der Waals surface area contributed by atoms with Crippen LogP contribution in [-0.2, 0) is 9.59 Å². The van der Waals surface area contributed by atoms with Crippen LogP contribution >= 0.6 is 0 Å². The highest BCUT2D eigenvalue weighted by Gasteiger charge is 2.23. The van der Waals surface area contributed by atoms with E-state index in [0.717, 1.165) is 0 Å². The summed E-state index contributed by atoms with van der Waals surface area (Å²) in [4.78, 5) is 34.0. The summed E-state index contributed by atoms with van der Waals surface area (Å²) in [7, 11) is 1.69. The highest BCUT2D eigenvalue weighted by atomic mass is 16.2. The number of hydrogen-bond donors (Lipinski definition) is 4. The van der Waals surface area contributed by atoms with Gasteiger partial charge in [-0.25, -0.2) is 4.79 Å². The molecule has 0 radical (unpaired) electrons. The second-order valence-corrected chi connectivity index (χ2v) is 4.92. The molecule has 0 spiro atoms. The van der Waals surface area contributed by atoms with E-state index in [2.05, 4.69) is 27.8 Å². The lowest BCUT2D eigenvalue weighted by Crippen LogP contribution is -2.50. The van der Waals surface area contributed by atoms with Gasteiger partial charge in [0.2, 0.25) is 5.91 Å². The Kier molecular flexibility index (Phi) is 8.81. The van der Waals surface area contributed by atoms with Crippen LogP contribution in [0.1, 0.15) is 27.2 Å². The molecule has 0 aliphatic carbocycles. The number of hydrogen-bond acceptors (Lipinski definition) is 4. The van der Waals surface area contributed by atoms with Gasteiger partial charge in [0.1, 0.15) is 6.04 Å². The first-order valence-corrected chi connectivity index (χ1v) is 6.79. The fourth-order valence-electron chi connectivity index (χ4n) is 1.66. The van der Waals surface area contributed by atoms with Crippen molar-refractivity contribution in [2.75, 3.05) is 13.6 Å². The Labute approximate surface area is 125 Å². The number of likely N-dealkylation sites (N-methyl/N-ethyl adjacent to an activating group) is 1. The lowest BCUT2D eigenvalue weighted by molar-refractivity contribution is -0.127. The van der Waals surface area contributed by atoms with Gasteiger partial charge in [-0.2, -0.15) is 0 Å². The van der Waals surface area contributed by atoms with Crippen molar-refractivity contribution in [3.05, 3.63) is 0 Å². The van der Waals surface area contributed by atoms with E-state index >= 15 is 0 Å². The Bertz CT molecular complexity index is 437. The number of amides is 3. The van der Waals surface area contributed by atoms with Gasteiger partial charge in [0, 0.05) is 13.0 Å². The molecule has 0 aromatic rings. The van der Waals surface area contributed by atoms with Gasteiger partial charge < -0.3 is 21.7 Å². The third kappa shape index (κ3) is 7.95. The van der Waals surface area contributed by atoms with Crippen molar-refractivity contribution in [2.24, 2.45) is 11.7 Å². The van der Waals surface area contributed by atoms with Crippen LogP contribution in [0.3, 0.4) is 0 Å². The van der Waals surface area contributed by atoms with Gasteiger partial charge in [-0.3, -0.25) is 9.59 Å². The lowest BCUT2D eigenvalue weighted by atomic mass is 10.0. The summed E-state index contributed by atoms with van der Waals surface area (Å²) >= 11 is 0. The van der Waals surface area contributed by atoms with Crippen LogP contribution in [0.4, 0.5) is 4.79 Å². The first kappa shape index (κ1) is 18.9. The number of carbonyl (C=O) groups excluding carboxylic acids is 3. The Morgan fingerprint density at radius 1 is 1.24 bits per heavy atom. The molecular weight excluding hydrogens is 272 g/mol. The molecule has 3 amide bonds. The van der Waals surface area contributed by atoms with E-state index in [-0.39, 0.29) is 23.7 Å². The van der Waals surface area contributed by atoms with E-state index in [9.17, 15) is 14.4 Å². The average Bonchev–Trinajstić information content (AvgIpc) is 2.36. The molecule has 0 aromatic heterocycles. The van der Waals surface area contributed by atoms with Crippen LogP contribution in [0.25, 0.3) is 0 Å². The number of rotatable bonds is 7.